The minimum atomic E-state index is -0.505. The average Bonchev–Trinajstić information content (AvgIpc) is 2.87. The number of hydrogen-bond donors (Lipinski definition) is 2. The molecule has 1 unspecified atom stereocenters. The number of carbonyl (C=O) groups is 2. The second kappa shape index (κ2) is 6.26. The molecule has 1 aliphatic heterocycles. The van der Waals surface area contributed by atoms with Crippen LogP contribution >= 0.6 is 0 Å². The molecule has 2 N–H and O–H groups in total. The maximum absolute atomic E-state index is 12.2. The topological polar surface area (TPSA) is 67.4 Å². The molecule has 0 aliphatic carbocycles. The van der Waals surface area contributed by atoms with Gasteiger partial charge in [0.05, 0.1) is 17.2 Å². The standard InChI is InChI=1S/C16H22N2O3/c1-11(2)21-14(19)12-5-7-13(8-6-12)18-15(20)16(3)9-4-10-17-16/h5-8,11,17H,4,9-10H2,1-3H3,(H,18,20). The molecule has 0 aromatic heterocycles. The van der Waals surface area contributed by atoms with Gasteiger partial charge in [0.25, 0.3) is 0 Å². The third kappa shape index (κ3) is 3.82. The Morgan fingerprint density at radius 3 is 2.48 bits per heavy atom. The van der Waals surface area contributed by atoms with E-state index in [1.807, 2.05) is 20.8 Å². The van der Waals surface area contributed by atoms with Crippen LogP contribution in [0, 0.1) is 0 Å². The molecule has 1 saturated heterocycles. The van der Waals surface area contributed by atoms with Crippen molar-refractivity contribution >= 4 is 17.6 Å². The van der Waals surface area contributed by atoms with Crippen LogP contribution in [0.2, 0.25) is 0 Å². The smallest absolute Gasteiger partial charge is 0.338 e. The highest BCUT2D eigenvalue weighted by Crippen LogP contribution is 2.21. The van der Waals surface area contributed by atoms with E-state index in [2.05, 4.69) is 10.6 Å². The third-order valence-corrected chi connectivity index (χ3v) is 3.59. The lowest BCUT2D eigenvalue weighted by atomic mass is 9.99. The van der Waals surface area contributed by atoms with Crippen LogP contribution in [0.25, 0.3) is 0 Å². The number of nitrogens with one attached hydrogen (secondary N) is 2. The molecule has 1 amide bonds. The van der Waals surface area contributed by atoms with Gasteiger partial charge in [0, 0.05) is 5.69 Å². The van der Waals surface area contributed by atoms with E-state index < -0.39 is 5.54 Å². The molecule has 0 radical (unpaired) electrons. The van der Waals surface area contributed by atoms with Crippen LogP contribution in [0.3, 0.4) is 0 Å². The molecule has 1 aliphatic rings. The zero-order chi connectivity index (χ0) is 15.5. The Kier molecular flexibility index (Phi) is 4.63. The Morgan fingerprint density at radius 2 is 1.95 bits per heavy atom. The summed E-state index contributed by atoms with van der Waals surface area (Å²) < 4.78 is 5.12. The first kappa shape index (κ1) is 15.5. The first-order valence-corrected chi connectivity index (χ1v) is 7.28. The van der Waals surface area contributed by atoms with E-state index in [0.29, 0.717) is 11.3 Å². The summed E-state index contributed by atoms with van der Waals surface area (Å²) in [5.74, 6) is -0.398. The highest BCUT2D eigenvalue weighted by Gasteiger charge is 2.35. The molecule has 5 nitrogen and oxygen atoms in total. The van der Waals surface area contributed by atoms with E-state index in [0.717, 1.165) is 19.4 Å². The van der Waals surface area contributed by atoms with Gasteiger partial charge in [-0.05, 0) is 64.4 Å². The van der Waals surface area contributed by atoms with Crippen LogP contribution in [-0.2, 0) is 9.53 Å². The molecule has 1 fully saturated rings. The summed E-state index contributed by atoms with van der Waals surface area (Å²) in [6.45, 7) is 6.39. The summed E-state index contributed by atoms with van der Waals surface area (Å²) in [7, 11) is 0. The first-order valence-electron chi connectivity index (χ1n) is 7.28. The molecule has 114 valence electrons. The van der Waals surface area contributed by atoms with Crippen LogP contribution in [0.5, 0.6) is 0 Å². The van der Waals surface area contributed by atoms with E-state index in [-0.39, 0.29) is 18.0 Å². The fourth-order valence-corrected chi connectivity index (χ4v) is 2.33. The Hall–Kier alpha value is -1.88. The molecule has 2 rings (SSSR count). The molecule has 5 heteroatoms. The fraction of sp³-hybridized carbons (Fsp3) is 0.500. The number of rotatable bonds is 4. The predicted octanol–water partition coefficient (Wildman–Crippen LogP) is 2.33. The quantitative estimate of drug-likeness (QED) is 0.835. The normalized spacial score (nSPS) is 21.3. The molecule has 21 heavy (non-hydrogen) atoms. The number of amides is 1. The lowest BCUT2D eigenvalue weighted by molar-refractivity contribution is -0.121. The highest BCUT2D eigenvalue weighted by atomic mass is 16.5. The van der Waals surface area contributed by atoms with Crippen molar-refractivity contribution in [2.45, 2.75) is 45.3 Å². The Bertz CT molecular complexity index is 517. The van der Waals surface area contributed by atoms with Crippen LogP contribution in [0.15, 0.2) is 24.3 Å². The largest absolute Gasteiger partial charge is 0.459 e. The summed E-state index contributed by atoms with van der Waals surface area (Å²) in [5, 5.41) is 6.10. The van der Waals surface area contributed by atoms with Gasteiger partial charge < -0.3 is 15.4 Å². The van der Waals surface area contributed by atoms with Crippen molar-refractivity contribution in [3.63, 3.8) is 0 Å². The summed E-state index contributed by atoms with van der Waals surface area (Å²) >= 11 is 0. The first-order chi connectivity index (χ1) is 9.90. The van der Waals surface area contributed by atoms with Gasteiger partial charge in [0.2, 0.25) is 5.91 Å². The summed E-state index contributed by atoms with van der Waals surface area (Å²) in [6.07, 6.45) is 1.69. The molecular weight excluding hydrogens is 268 g/mol. The van der Waals surface area contributed by atoms with Gasteiger partial charge in [-0.1, -0.05) is 0 Å². The lowest BCUT2D eigenvalue weighted by Crippen LogP contribution is -2.47. The van der Waals surface area contributed by atoms with Gasteiger partial charge in [-0.25, -0.2) is 4.79 Å². The van der Waals surface area contributed by atoms with Crippen LogP contribution in [-0.4, -0.2) is 30.1 Å². The van der Waals surface area contributed by atoms with Gasteiger partial charge in [-0.3, -0.25) is 4.79 Å². The molecule has 0 spiro atoms. The van der Waals surface area contributed by atoms with Gasteiger partial charge >= 0.3 is 5.97 Å². The predicted molar refractivity (Wildman–Crippen MR) is 81.3 cm³/mol. The van der Waals surface area contributed by atoms with Crippen molar-refractivity contribution in [2.75, 3.05) is 11.9 Å². The maximum Gasteiger partial charge on any atom is 0.338 e. The molecule has 1 aromatic rings. The van der Waals surface area contributed by atoms with Crippen LogP contribution < -0.4 is 10.6 Å². The number of hydrogen-bond acceptors (Lipinski definition) is 4. The Morgan fingerprint density at radius 1 is 1.29 bits per heavy atom. The SMILES string of the molecule is CC(C)OC(=O)c1ccc(NC(=O)C2(C)CCCN2)cc1. The minimum Gasteiger partial charge on any atom is -0.459 e. The van der Waals surface area contributed by atoms with E-state index >= 15 is 0 Å². The second-order valence-electron chi connectivity index (χ2n) is 5.85. The lowest BCUT2D eigenvalue weighted by Gasteiger charge is -2.23. The van der Waals surface area contributed by atoms with E-state index in [1.54, 1.807) is 24.3 Å². The highest BCUT2D eigenvalue weighted by molar-refractivity contribution is 5.98. The number of benzene rings is 1. The molecule has 0 saturated carbocycles. The van der Waals surface area contributed by atoms with Crippen molar-refractivity contribution in [3.05, 3.63) is 29.8 Å². The van der Waals surface area contributed by atoms with Crippen molar-refractivity contribution < 1.29 is 14.3 Å². The summed E-state index contributed by atoms with van der Waals surface area (Å²) in [6, 6.07) is 6.75. The van der Waals surface area contributed by atoms with E-state index in [4.69, 9.17) is 4.74 Å². The number of anilines is 1. The van der Waals surface area contributed by atoms with E-state index in [1.165, 1.54) is 0 Å². The molecule has 1 atom stereocenters. The fourth-order valence-electron chi connectivity index (χ4n) is 2.33. The van der Waals surface area contributed by atoms with Crippen molar-refractivity contribution in [1.29, 1.82) is 0 Å². The van der Waals surface area contributed by atoms with E-state index in [9.17, 15) is 9.59 Å². The summed E-state index contributed by atoms with van der Waals surface area (Å²) in [5.41, 5.74) is 0.651. The number of ether oxygens (including phenoxy) is 1. The Balaban J connectivity index is 1.99. The minimum absolute atomic E-state index is 0.0440. The second-order valence-corrected chi connectivity index (χ2v) is 5.85. The molecule has 1 aromatic carbocycles. The van der Waals surface area contributed by atoms with Crippen molar-refractivity contribution in [3.8, 4) is 0 Å². The molecule has 0 bridgehead atoms. The van der Waals surface area contributed by atoms with Crippen molar-refractivity contribution in [2.24, 2.45) is 0 Å². The zero-order valence-corrected chi connectivity index (χ0v) is 12.7. The van der Waals surface area contributed by atoms with Gasteiger partial charge in [-0.2, -0.15) is 0 Å². The van der Waals surface area contributed by atoms with Gasteiger partial charge in [0.1, 0.15) is 0 Å². The number of esters is 1. The van der Waals surface area contributed by atoms with Gasteiger partial charge in [0.15, 0.2) is 0 Å². The maximum atomic E-state index is 12.2. The van der Waals surface area contributed by atoms with Crippen LogP contribution in [0.4, 0.5) is 5.69 Å². The third-order valence-electron chi connectivity index (χ3n) is 3.59. The van der Waals surface area contributed by atoms with Crippen molar-refractivity contribution in [1.82, 2.24) is 5.32 Å². The Labute approximate surface area is 125 Å². The van der Waals surface area contributed by atoms with Gasteiger partial charge in [-0.15, -0.1) is 0 Å². The monoisotopic (exact) mass is 290 g/mol. The molecular formula is C16H22N2O3. The number of carbonyl (C=O) groups excluding carboxylic acids is 2. The van der Waals surface area contributed by atoms with Crippen LogP contribution in [0.1, 0.15) is 44.0 Å². The summed E-state index contributed by atoms with van der Waals surface area (Å²) in [4.78, 5) is 24.0. The molecule has 1 heterocycles. The zero-order valence-electron chi connectivity index (χ0n) is 12.7. The average molecular weight is 290 g/mol.